The molecule has 0 N–H and O–H groups in total. The first-order valence-corrected chi connectivity index (χ1v) is 8.54. The second-order valence-corrected chi connectivity index (χ2v) is 6.47. The van der Waals surface area contributed by atoms with Gasteiger partial charge in [-0.15, -0.1) is 0 Å². The number of imide groups is 1. The largest absolute Gasteiger partial charge is 0.348 e. The quantitative estimate of drug-likeness (QED) is 0.601. The van der Waals surface area contributed by atoms with Crippen LogP contribution in [0.3, 0.4) is 0 Å². The highest BCUT2D eigenvalue weighted by Gasteiger charge is 2.31. The van der Waals surface area contributed by atoms with Gasteiger partial charge in [0.2, 0.25) is 11.8 Å². The number of hydrogen-bond acceptors (Lipinski definition) is 3. The molecule has 0 aliphatic carbocycles. The zero-order valence-electron chi connectivity index (χ0n) is 14.6. The van der Waals surface area contributed by atoms with Crippen LogP contribution in [0.5, 0.6) is 0 Å². The first-order valence-electron chi connectivity index (χ1n) is 8.54. The Morgan fingerprint density at radius 1 is 1.04 bits per heavy atom. The first-order chi connectivity index (χ1) is 12.0. The summed E-state index contributed by atoms with van der Waals surface area (Å²) in [4.78, 5) is 37.1. The molecule has 1 saturated heterocycles. The van der Waals surface area contributed by atoms with Gasteiger partial charge in [0.05, 0.1) is 6.54 Å². The summed E-state index contributed by atoms with van der Waals surface area (Å²) in [6.45, 7) is 4.52. The number of hydrogen-bond donors (Lipinski definition) is 0. The molecule has 5 nitrogen and oxygen atoms in total. The minimum atomic E-state index is -0.253. The van der Waals surface area contributed by atoms with Crippen LogP contribution in [0.15, 0.2) is 36.4 Å². The fraction of sp³-hybridized carbons (Fsp3) is 0.350. The summed E-state index contributed by atoms with van der Waals surface area (Å²) in [5, 5.41) is 0. The first kappa shape index (κ1) is 17.1. The average Bonchev–Trinajstić information content (AvgIpc) is 3.07. The third-order valence-electron chi connectivity index (χ3n) is 4.80. The summed E-state index contributed by atoms with van der Waals surface area (Å²) < 4.78 is 2.12. The van der Waals surface area contributed by atoms with Crippen molar-refractivity contribution in [1.29, 1.82) is 0 Å². The smallest absolute Gasteiger partial charge is 0.230 e. The van der Waals surface area contributed by atoms with E-state index in [1.807, 2.05) is 38.1 Å². The third-order valence-corrected chi connectivity index (χ3v) is 4.80. The van der Waals surface area contributed by atoms with E-state index < -0.39 is 0 Å². The van der Waals surface area contributed by atoms with E-state index in [1.54, 1.807) is 0 Å². The maximum absolute atomic E-state index is 12.6. The number of carbonyl (C=O) groups is 3. The molecule has 0 spiro atoms. The van der Waals surface area contributed by atoms with Gasteiger partial charge < -0.3 is 4.57 Å². The van der Waals surface area contributed by atoms with Crippen LogP contribution in [0.4, 0.5) is 0 Å². The minimum absolute atomic E-state index is 0.152. The molecule has 0 radical (unpaired) electrons. The predicted octanol–water partition coefficient (Wildman–Crippen LogP) is 2.68. The second kappa shape index (κ2) is 7.05. The summed E-state index contributed by atoms with van der Waals surface area (Å²) in [5.41, 5.74) is 3.74. The average molecular weight is 338 g/mol. The topological polar surface area (TPSA) is 59.4 Å². The predicted molar refractivity (Wildman–Crippen MR) is 94.3 cm³/mol. The van der Waals surface area contributed by atoms with Crippen LogP contribution in [0.25, 0.3) is 0 Å². The van der Waals surface area contributed by atoms with E-state index in [0.717, 1.165) is 29.3 Å². The van der Waals surface area contributed by atoms with E-state index in [-0.39, 0.29) is 37.0 Å². The Hall–Kier alpha value is -2.69. The summed E-state index contributed by atoms with van der Waals surface area (Å²) in [6.07, 6.45) is 1.30. The van der Waals surface area contributed by atoms with E-state index in [2.05, 4.69) is 16.7 Å². The van der Waals surface area contributed by atoms with E-state index >= 15 is 0 Å². The molecular weight excluding hydrogens is 316 g/mol. The molecule has 1 aliphatic rings. The highest BCUT2D eigenvalue weighted by atomic mass is 16.2. The second-order valence-electron chi connectivity index (χ2n) is 6.47. The van der Waals surface area contributed by atoms with E-state index in [1.165, 1.54) is 5.56 Å². The van der Waals surface area contributed by atoms with Crippen molar-refractivity contribution in [1.82, 2.24) is 9.47 Å². The lowest BCUT2D eigenvalue weighted by molar-refractivity contribution is -0.137. The number of likely N-dealkylation sites (tertiary alicyclic amines) is 1. The molecule has 2 heterocycles. The number of ketones is 1. The zero-order chi connectivity index (χ0) is 18.0. The Morgan fingerprint density at radius 3 is 2.32 bits per heavy atom. The van der Waals surface area contributed by atoms with E-state index in [4.69, 9.17) is 0 Å². The normalized spacial score (nSPS) is 14.4. The van der Waals surface area contributed by atoms with Gasteiger partial charge in [-0.3, -0.25) is 19.3 Å². The van der Waals surface area contributed by atoms with Crippen LogP contribution in [-0.4, -0.2) is 33.6 Å². The van der Waals surface area contributed by atoms with Crippen LogP contribution in [0.1, 0.15) is 40.2 Å². The highest BCUT2D eigenvalue weighted by Crippen LogP contribution is 2.19. The van der Waals surface area contributed by atoms with Crippen LogP contribution >= 0.6 is 0 Å². The molecule has 5 heteroatoms. The number of amides is 2. The number of aryl methyl sites for hydroxylation is 2. The summed E-state index contributed by atoms with van der Waals surface area (Å²) >= 11 is 0. The van der Waals surface area contributed by atoms with E-state index in [0.29, 0.717) is 5.56 Å². The van der Waals surface area contributed by atoms with E-state index in [9.17, 15) is 14.4 Å². The molecule has 0 saturated carbocycles. The molecule has 0 atom stereocenters. The Balaban J connectivity index is 1.73. The van der Waals surface area contributed by atoms with Crippen molar-refractivity contribution in [2.45, 2.75) is 39.7 Å². The van der Waals surface area contributed by atoms with Crippen LogP contribution in [-0.2, 0) is 22.6 Å². The fourth-order valence-corrected chi connectivity index (χ4v) is 3.34. The monoisotopic (exact) mass is 338 g/mol. The van der Waals surface area contributed by atoms with Gasteiger partial charge in [0.1, 0.15) is 0 Å². The molecule has 1 aliphatic heterocycles. The van der Waals surface area contributed by atoms with Gasteiger partial charge in [0.25, 0.3) is 0 Å². The molecule has 1 fully saturated rings. The van der Waals surface area contributed by atoms with Crippen molar-refractivity contribution in [3.8, 4) is 0 Å². The number of rotatable bonds is 6. The minimum Gasteiger partial charge on any atom is -0.348 e. The van der Waals surface area contributed by atoms with Crippen molar-refractivity contribution in [2.75, 3.05) is 6.54 Å². The molecule has 0 bridgehead atoms. The van der Waals surface area contributed by atoms with Crippen molar-refractivity contribution >= 4 is 17.6 Å². The molecule has 2 aromatic rings. The van der Waals surface area contributed by atoms with Crippen LogP contribution < -0.4 is 0 Å². The molecule has 3 rings (SSSR count). The van der Waals surface area contributed by atoms with Gasteiger partial charge in [-0.25, -0.2) is 0 Å². The molecule has 1 aromatic carbocycles. The van der Waals surface area contributed by atoms with Gasteiger partial charge in [-0.05, 0) is 31.9 Å². The number of aromatic nitrogens is 1. The number of benzene rings is 1. The molecule has 2 amide bonds. The Kier molecular flexibility index (Phi) is 4.83. The lowest BCUT2D eigenvalue weighted by Gasteiger charge is -2.13. The van der Waals surface area contributed by atoms with Gasteiger partial charge in [0, 0.05) is 36.3 Å². The number of Topliss-reactive ketones (excluding diaryl/α,β-unsaturated/α-hetero) is 1. The lowest BCUT2D eigenvalue weighted by Crippen LogP contribution is -2.34. The van der Waals surface area contributed by atoms with Gasteiger partial charge >= 0.3 is 0 Å². The molecule has 0 unspecified atom stereocenters. The fourth-order valence-electron chi connectivity index (χ4n) is 3.34. The third kappa shape index (κ3) is 3.55. The Morgan fingerprint density at radius 2 is 1.68 bits per heavy atom. The maximum Gasteiger partial charge on any atom is 0.230 e. The molecular formula is C20H22N2O3. The lowest BCUT2D eigenvalue weighted by atomic mass is 10.1. The molecule has 130 valence electrons. The SMILES string of the molecule is Cc1cc(C(=O)CN2C(=O)CCC2=O)c(C)n1CCc1ccccc1. The maximum atomic E-state index is 12.6. The van der Waals surface area contributed by atoms with Crippen LogP contribution in [0, 0.1) is 13.8 Å². The van der Waals surface area contributed by atoms with Crippen molar-refractivity contribution < 1.29 is 14.4 Å². The summed E-state index contributed by atoms with van der Waals surface area (Å²) in [7, 11) is 0. The summed E-state index contributed by atoms with van der Waals surface area (Å²) in [5.74, 6) is -0.685. The van der Waals surface area contributed by atoms with Gasteiger partial charge in [0.15, 0.2) is 5.78 Å². The summed E-state index contributed by atoms with van der Waals surface area (Å²) in [6, 6.07) is 12.1. The number of carbonyl (C=O) groups excluding carboxylic acids is 3. The van der Waals surface area contributed by atoms with Gasteiger partial charge in [-0.2, -0.15) is 0 Å². The van der Waals surface area contributed by atoms with Crippen molar-refractivity contribution in [2.24, 2.45) is 0 Å². The number of nitrogens with zero attached hydrogens (tertiary/aromatic N) is 2. The Labute approximate surface area is 147 Å². The molecule has 25 heavy (non-hydrogen) atoms. The molecule has 1 aromatic heterocycles. The Bertz CT molecular complexity index is 805. The van der Waals surface area contributed by atoms with Gasteiger partial charge in [-0.1, -0.05) is 30.3 Å². The highest BCUT2D eigenvalue weighted by molar-refractivity contribution is 6.08. The van der Waals surface area contributed by atoms with Crippen LogP contribution in [0.2, 0.25) is 0 Å². The zero-order valence-corrected chi connectivity index (χ0v) is 14.6. The van der Waals surface area contributed by atoms with Crippen molar-refractivity contribution in [3.63, 3.8) is 0 Å². The van der Waals surface area contributed by atoms with Crippen molar-refractivity contribution in [3.05, 3.63) is 58.9 Å². The standard InChI is InChI=1S/C20H22N2O3/c1-14-12-17(18(23)13-22-19(24)8-9-20(22)25)15(2)21(14)11-10-16-6-4-3-5-7-16/h3-7,12H,8-11,13H2,1-2H3.